The van der Waals surface area contributed by atoms with Crippen molar-refractivity contribution in [1.82, 2.24) is 0 Å². The van der Waals surface area contributed by atoms with E-state index in [0.29, 0.717) is 28.4 Å². The first kappa shape index (κ1) is 17.9. The van der Waals surface area contributed by atoms with Crippen LogP contribution in [0.1, 0.15) is 16.8 Å². The molecule has 0 heterocycles. The summed E-state index contributed by atoms with van der Waals surface area (Å²) in [5.74, 6) is -1.59. The van der Waals surface area contributed by atoms with Gasteiger partial charge in [0.05, 0.1) is 24.5 Å². The largest absolute Gasteiger partial charge is 0.465 e. The molecule has 0 radical (unpaired) electrons. The van der Waals surface area contributed by atoms with Crippen LogP contribution in [0.4, 0.5) is 11.4 Å². The van der Waals surface area contributed by atoms with E-state index in [1.807, 2.05) is 0 Å². The first-order valence-electron chi connectivity index (χ1n) is 8.03. The van der Waals surface area contributed by atoms with Gasteiger partial charge >= 0.3 is 5.97 Å². The minimum atomic E-state index is -0.442. The summed E-state index contributed by atoms with van der Waals surface area (Å²) in [6.07, 6.45) is 0.498. The average molecular weight is 373 g/mol. The molecule has 2 unspecified atom stereocenters. The van der Waals surface area contributed by atoms with Crippen molar-refractivity contribution in [3.05, 3.63) is 59.1 Å². The van der Waals surface area contributed by atoms with Crippen molar-refractivity contribution < 1.29 is 19.1 Å². The lowest BCUT2D eigenvalue weighted by Gasteiger charge is -2.07. The number of benzene rings is 2. The first-order valence-corrected chi connectivity index (χ1v) is 8.41. The Balaban J connectivity index is 1.54. The molecule has 0 aromatic heterocycles. The van der Waals surface area contributed by atoms with Crippen LogP contribution in [0, 0.1) is 11.8 Å². The molecule has 6 nitrogen and oxygen atoms in total. The topological polar surface area (TPSA) is 84.5 Å². The van der Waals surface area contributed by atoms with E-state index in [9.17, 15) is 14.4 Å². The quantitative estimate of drug-likeness (QED) is 0.788. The Kier molecular flexibility index (Phi) is 5.23. The fraction of sp³-hybridized carbons (Fsp3) is 0.211. The first-order chi connectivity index (χ1) is 12.5. The van der Waals surface area contributed by atoms with Gasteiger partial charge in [-0.15, -0.1) is 0 Å². The van der Waals surface area contributed by atoms with Gasteiger partial charge < -0.3 is 15.4 Å². The Bertz CT molecular complexity index is 851. The highest BCUT2D eigenvalue weighted by atomic mass is 35.5. The van der Waals surface area contributed by atoms with Gasteiger partial charge in [-0.3, -0.25) is 9.59 Å². The van der Waals surface area contributed by atoms with Gasteiger partial charge in [0, 0.05) is 16.4 Å². The van der Waals surface area contributed by atoms with E-state index in [0.717, 1.165) is 0 Å². The minimum Gasteiger partial charge on any atom is -0.465 e. The Labute approximate surface area is 155 Å². The summed E-state index contributed by atoms with van der Waals surface area (Å²) in [5.41, 5.74) is 1.56. The monoisotopic (exact) mass is 372 g/mol. The summed E-state index contributed by atoms with van der Waals surface area (Å²) in [6, 6.07) is 13.2. The number of rotatable bonds is 5. The highest BCUT2D eigenvalue weighted by molar-refractivity contribution is 6.30. The van der Waals surface area contributed by atoms with Crippen molar-refractivity contribution in [2.24, 2.45) is 11.8 Å². The molecule has 2 aromatic carbocycles. The second kappa shape index (κ2) is 7.58. The molecule has 26 heavy (non-hydrogen) atoms. The molecule has 134 valence electrons. The summed E-state index contributed by atoms with van der Waals surface area (Å²) >= 11 is 5.89. The fourth-order valence-electron chi connectivity index (χ4n) is 2.62. The van der Waals surface area contributed by atoms with E-state index < -0.39 is 5.97 Å². The Hall–Kier alpha value is -2.86. The zero-order valence-corrected chi connectivity index (χ0v) is 14.7. The number of nitrogens with one attached hydrogen (secondary N) is 2. The molecule has 1 aliphatic carbocycles. The Morgan fingerprint density at radius 3 is 2.15 bits per heavy atom. The molecule has 3 rings (SSSR count). The molecule has 0 bridgehead atoms. The molecule has 1 saturated carbocycles. The summed E-state index contributed by atoms with van der Waals surface area (Å²) in [7, 11) is 1.31. The summed E-state index contributed by atoms with van der Waals surface area (Å²) in [4.78, 5) is 35.9. The average Bonchev–Trinajstić information content (AvgIpc) is 3.43. The van der Waals surface area contributed by atoms with Crippen LogP contribution in [0.25, 0.3) is 0 Å². The lowest BCUT2D eigenvalue weighted by molar-refractivity contribution is -0.122. The molecular formula is C19H17ClN2O4. The van der Waals surface area contributed by atoms with Crippen LogP contribution < -0.4 is 10.6 Å². The number of ether oxygens (including phenoxy) is 1. The number of esters is 1. The minimum absolute atomic E-state index is 0.201. The number of carbonyl (C=O) groups excluding carboxylic acids is 3. The zero-order chi connectivity index (χ0) is 18.7. The number of anilines is 2. The van der Waals surface area contributed by atoms with Gasteiger partial charge in [-0.2, -0.15) is 0 Å². The third kappa shape index (κ3) is 4.21. The van der Waals surface area contributed by atoms with E-state index in [1.54, 1.807) is 48.5 Å². The number of methoxy groups -OCH3 is 1. The van der Waals surface area contributed by atoms with Crippen molar-refractivity contribution in [3.63, 3.8) is 0 Å². The standard InChI is InChI=1S/C19H17ClN2O4/c1-26-19(25)11-5-7-13(8-6-11)21-17(23)15-10-16(15)18(24)22-14-4-2-3-12(20)9-14/h2-9,15-16H,10H2,1H3,(H,21,23)(H,22,24). The summed E-state index contributed by atoms with van der Waals surface area (Å²) in [5, 5.41) is 6.05. The fourth-order valence-corrected chi connectivity index (χ4v) is 2.81. The predicted molar refractivity (Wildman–Crippen MR) is 98.1 cm³/mol. The molecule has 2 aromatic rings. The van der Waals surface area contributed by atoms with Crippen molar-refractivity contribution in [2.45, 2.75) is 6.42 Å². The van der Waals surface area contributed by atoms with Crippen molar-refractivity contribution in [3.8, 4) is 0 Å². The number of halogens is 1. The second-order valence-corrected chi connectivity index (χ2v) is 6.44. The highest BCUT2D eigenvalue weighted by Gasteiger charge is 2.48. The van der Waals surface area contributed by atoms with E-state index in [2.05, 4.69) is 15.4 Å². The zero-order valence-electron chi connectivity index (χ0n) is 14.0. The Morgan fingerprint density at radius 2 is 1.58 bits per heavy atom. The normalized spacial score (nSPS) is 17.9. The van der Waals surface area contributed by atoms with Crippen LogP contribution in [-0.4, -0.2) is 24.9 Å². The van der Waals surface area contributed by atoms with Gasteiger partial charge in [0.1, 0.15) is 0 Å². The summed E-state index contributed by atoms with van der Waals surface area (Å²) < 4.78 is 4.62. The molecule has 1 fully saturated rings. The molecule has 7 heteroatoms. The van der Waals surface area contributed by atoms with Crippen LogP contribution in [0.2, 0.25) is 5.02 Å². The lowest BCUT2D eigenvalue weighted by atomic mass is 10.2. The second-order valence-electron chi connectivity index (χ2n) is 6.01. The number of carbonyl (C=O) groups is 3. The smallest absolute Gasteiger partial charge is 0.337 e. The van der Waals surface area contributed by atoms with Gasteiger partial charge in [0.25, 0.3) is 0 Å². The van der Waals surface area contributed by atoms with Crippen LogP contribution >= 0.6 is 11.6 Å². The SMILES string of the molecule is COC(=O)c1ccc(NC(=O)C2CC2C(=O)Nc2cccc(Cl)c2)cc1. The van der Waals surface area contributed by atoms with Crippen LogP contribution in [0.3, 0.4) is 0 Å². The number of hydrogen-bond donors (Lipinski definition) is 2. The van der Waals surface area contributed by atoms with E-state index in [1.165, 1.54) is 7.11 Å². The Morgan fingerprint density at radius 1 is 0.962 bits per heavy atom. The maximum absolute atomic E-state index is 12.3. The van der Waals surface area contributed by atoms with Crippen LogP contribution in [0.5, 0.6) is 0 Å². The van der Waals surface area contributed by atoms with E-state index >= 15 is 0 Å². The highest BCUT2D eigenvalue weighted by Crippen LogP contribution is 2.40. The van der Waals surface area contributed by atoms with Gasteiger partial charge in [-0.25, -0.2) is 4.79 Å². The number of amides is 2. The van der Waals surface area contributed by atoms with E-state index in [4.69, 9.17) is 11.6 Å². The lowest BCUT2D eigenvalue weighted by Crippen LogP contribution is -2.20. The van der Waals surface area contributed by atoms with Crippen molar-refractivity contribution in [1.29, 1.82) is 0 Å². The summed E-state index contributed by atoms with van der Waals surface area (Å²) in [6.45, 7) is 0. The van der Waals surface area contributed by atoms with Gasteiger partial charge in [-0.1, -0.05) is 17.7 Å². The molecule has 0 spiro atoms. The van der Waals surface area contributed by atoms with Crippen LogP contribution in [-0.2, 0) is 14.3 Å². The molecule has 2 amide bonds. The molecular weight excluding hydrogens is 356 g/mol. The maximum atomic E-state index is 12.3. The van der Waals surface area contributed by atoms with Gasteiger partial charge in [-0.05, 0) is 48.9 Å². The third-order valence-electron chi connectivity index (χ3n) is 4.13. The van der Waals surface area contributed by atoms with E-state index in [-0.39, 0.29) is 23.7 Å². The van der Waals surface area contributed by atoms with Gasteiger partial charge in [0.2, 0.25) is 11.8 Å². The predicted octanol–water partition coefficient (Wildman–Crippen LogP) is 3.34. The molecule has 1 aliphatic rings. The molecule has 2 N–H and O–H groups in total. The van der Waals surface area contributed by atoms with Gasteiger partial charge in [0.15, 0.2) is 0 Å². The molecule has 2 atom stereocenters. The third-order valence-corrected chi connectivity index (χ3v) is 4.36. The van der Waals surface area contributed by atoms with Crippen molar-refractivity contribution >= 4 is 40.8 Å². The molecule has 0 aliphatic heterocycles. The maximum Gasteiger partial charge on any atom is 0.337 e. The molecule has 0 saturated heterocycles. The van der Waals surface area contributed by atoms with Crippen LogP contribution in [0.15, 0.2) is 48.5 Å². The number of hydrogen-bond acceptors (Lipinski definition) is 4. The van der Waals surface area contributed by atoms with Crippen molar-refractivity contribution in [2.75, 3.05) is 17.7 Å².